The van der Waals surface area contributed by atoms with E-state index in [9.17, 15) is 4.79 Å². The molecule has 1 aromatic heterocycles. The van der Waals surface area contributed by atoms with Gasteiger partial charge in [-0.25, -0.2) is 4.98 Å². The molecule has 1 amide bonds. The highest BCUT2D eigenvalue weighted by Crippen LogP contribution is 1.94. The zero-order chi connectivity index (χ0) is 11.4. The normalized spacial score (nSPS) is 14.7. The molecule has 4 N–H and O–H groups in total. The largest absolute Gasteiger partial charge is 0.392 e. The Kier molecular flexibility index (Phi) is 3.81. The lowest BCUT2D eigenvalue weighted by molar-refractivity contribution is 0.0933. The quantitative estimate of drug-likeness (QED) is 0.588. The zero-order valence-corrected chi connectivity index (χ0v) is 8.84. The van der Waals surface area contributed by atoms with E-state index in [1.165, 1.54) is 0 Å². The molecule has 2 atom stereocenters. The number of carbonyl (C=O) groups excluding carboxylic acids is 1. The van der Waals surface area contributed by atoms with E-state index >= 15 is 0 Å². The Bertz CT molecular complexity index is 335. The van der Waals surface area contributed by atoms with E-state index in [1.54, 1.807) is 31.1 Å². The standard InChI is InChI=1S/C9H16N4O2/c1-6(14)7(10)3-11-9(15)8-4-13(2)5-12-8/h4-7,14H,3,10H2,1-2H3,(H,11,15). The Balaban J connectivity index is 2.43. The van der Waals surface area contributed by atoms with Gasteiger partial charge in [-0.05, 0) is 6.92 Å². The highest BCUT2D eigenvalue weighted by Gasteiger charge is 2.13. The number of imidazole rings is 1. The number of aliphatic hydroxyl groups is 1. The number of rotatable bonds is 4. The number of nitrogens with one attached hydrogen (secondary N) is 1. The summed E-state index contributed by atoms with van der Waals surface area (Å²) in [7, 11) is 1.78. The van der Waals surface area contributed by atoms with Crippen LogP contribution >= 0.6 is 0 Å². The van der Waals surface area contributed by atoms with Gasteiger partial charge in [0.2, 0.25) is 0 Å². The van der Waals surface area contributed by atoms with Crippen LogP contribution in [0.15, 0.2) is 12.5 Å². The minimum atomic E-state index is -0.644. The second kappa shape index (κ2) is 4.90. The van der Waals surface area contributed by atoms with Gasteiger partial charge in [-0.15, -0.1) is 0 Å². The first-order valence-electron chi connectivity index (χ1n) is 4.70. The van der Waals surface area contributed by atoms with Gasteiger partial charge in [0.05, 0.1) is 12.4 Å². The molecular weight excluding hydrogens is 196 g/mol. The van der Waals surface area contributed by atoms with E-state index in [4.69, 9.17) is 10.8 Å². The average Bonchev–Trinajstić information content (AvgIpc) is 2.60. The van der Waals surface area contributed by atoms with Crippen LogP contribution in [-0.2, 0) is 7.05 Å². The SMILES string of the molecule is CC(O)C(N)CNC(=O)c1cn(C)cn1. The molecule has 6 nitrogen and oxygen atoms in total. The lowest BCUT2D eigenvalue weighted by Crippen LogP contribution is -2.43. The maximum atomic E-state index is 11.5. The van der Waals surface area contributed by atoms with Crippen LogP contribution in [0.3, 0.4) is 0 Å². The van der Waals surface area contributed by atoms with E-state index in [1.807, 2.05) is 0 Å². The molecule has 2 unspecified atom stereocenters. The molecule has 1 rings (SSSR count). The Hall–Kier alpha value is -1.40. The molecule has 0 saturated carbocycles. The second-order valence-corrected chi connectivity index (χ2v) is 3.54. The number of nitrogens with two attached hydrogens (primary N) is 1. The molecule has 0 aliphatic carbocycles. The van der Waals surface area contributed by atoms with Crippen LogP contribution in [-0.4, -0.2) is 39.3 Å². The summed E-state index contributed by atoms with van der Waals surface area (Å²) in [4.78, 5) is 15.3. The monoisotopic (exact) mass is 212 g/mol. The Morgan fingerprint density at radius 3 is 2.93 bits per heavy atom. The van der Waals surface area contributed by atoms with Gasteiger partial charge in [0.15, 0.2) is 0 Å². The van der Waals surface area contributed by atoms with Crippen LogP contribution in [0.2, 0.25) is 0 Å². The number of aliphatic hydroxyl groups excluding tert-OH is 1. The number of hydrogen-bond acceptors (Lipinski definition) is 4. The van der Waals surface area contributed by atoms with Crippen LogP contribution in [0.5, 0.6) is 0 Å². The number of amides is 1. The van der Waals surface area contributed by atoms with Crippen LogP contribution in [0.1, 0.15) is 17.4 Å². The van der Waals surface area contributed by atoms with Crippen molar-refractivity contribution in [2.75, 3.05) is 6.54 Å². The van der Waals surface area contributed by atoms with Crippen molar-refractivity contribution in [3.05, 3.63) is 18.2 Å². The summed E-state index contributed by atoms with van der Waals surface area (Å²) in [6.45, 7) is 1.81. The van der Waals surface area contributed by atoms with Crippen molar-refractivity contribution in [3.63, 3.8) is 0 Å². The maximum Gasteiger partial charge on any atom is 0.271 e. The summed E-state index contributed by atoms with van der Waals surface area (Å²) in [5.41, 5.74) is 5.90. The summed E-state index contributed by atoms with van der Waals surface area (Å²) in [5, 5.41) is 11.7. The van der Waals surface area contributed by atoms with E-state index in [2.05, 4.69) is 10.3 Å². The summed E-state index contributed by atoms with van der Waals surface area (Å²) >= 11 is 0. The van der Waals surface area contributed by atoms with Crippen molar-refractivity contribution < 1.29 is 9.90 Å². The molecule has 0 fully saturated rings. The summed E-state index contributed by atoms with van der Waals surface area (Å²) in [6.07, 6.45) is 2.52. The molecule has 0 aromatic carbocycles. The predicted molar refractivity (Wildman–Crippen MR) is 55.2 cm³/mol. The molecule has 0 aliphatic heterocycles. The number of aromatic nitrogens is 2. The van der Waals surface area contributed by atoms with Crippen LogP contribution in [0.25, 0.3) is 0 Å². The van der Waals surface area contributed by atoms with Gasteiger partial charge in [-0.2, -0.15) is 0 Å². The van der Waals surface area contributed by atoms with Gasteiger partial charge in [-0.3, -0.25) is 4.79 Å². The Labute approximate surface area is 88.1 Å². The molecule has 1 aromatic rings. The van der Waals surface area contributed by atoms with E-state index in [-0.39, 0.29) is 12.5 Å². The summed E-state index contributed by atoms with van der Waals surface area (Å²) < 4.78 is 1.68. The van der Waals surface area contributed by atoms with Gasteiger partial charge in [0, 0.05) is 25.8 Å². The number of aryl methyl sites for hydroxylation is 1. The smallest absolute Gasteiger partial charge is 0.271 e. The van der Waals surface area contributed by atoms with Crippen LogP contribution in [0, 0.1) is 0 Å². The fourth-order valence-electron chi connectivity index (χ4n) is 1.00. The van der Waals surface area contributed by atoms with Gasteiger partial charge in [-0.1, -0.05) is 0 Å². The minimum absolute atomic E-state index is 0.229. The first-order chi connectivity index (χ1) is 7.00. The van der Waals surface area contributed by atoms with Crippen LogP contribution < -0.4 is 11.1 Å². The number of carbonyl (C=O) groups is 1. The average molecular weight is 212 g/mol. The van der Waals surface area contributed by atoms with Crippen molar-refractivity contribution in [1.82, 2.24) is 14.9 Å². The third-order valence-electron chi connectivity index (χ3n) is 2.06. The van der Waals surface area contributed by atoms with Crippen molar-refractivity contribution >= 4 is 5.91 Å². The van der Waals surface area contributed by atoms with Crippen LogP contribution in [0.4, 0.5) is 0 Å². The topological polar surface area (TPSA) is 93.2 Å². The second-order valence-electron chi connectivity index (χ2n) is 3.54. The molecule has 0 saturated heterocycles. The van der Waals surface area contributed by atoms with Crippen molar-refractivity contribution in [2.24, 2.45) is 12.8 Å². The minimum Gasteiger partial charge on any atom is -0.392 e. The fraction of sp³-hybridized carbons (Fsp3) is 0.556. The molecule has 15 heavy (non-hydrogen) atoms. The highest BCUT2D eigenvalue weighted by atomic mass is 16.3. The number of nitrogens with zero attached hydrogens (tertiary/aromatic N) is 2. The first kappa shape index (κ1) is 11.7. The molecule has 0 spiro atoms. The summed E-state index contributed by atoms with van der Waals surface area (Å²) in [5.74, 6) is -0.285. The van der Waals surface area contributed by atoms with Crippen molar-refractivity contribution in [1.29, 1.82) is 0 Å². The van der Waals surface area contributed by atoms with E-state index in [0.29, 0.717) is 5.69 Å². The van der Waals surface area contributed by atoms with Gasteiger partial charge < -0.3 is 20.7 Å². The van der Waals surface area contributed by atoms with E-state index in [0.717, 1.165) is 0 Å². The molecule has 6 heteroatoms. The lowest BCUT2D eigenvalue weighted by atomic mass is 10.2. The Morgan fingerprint density at radius 2 is 2.47 bits per heavy atom. The third-order valence-corrected chi connectivity index (χ3v) is 2.06. The molecule has 0 bridgehead atoms. The molecular formula is C9H16N4O2. The van der Waals surface area contributed by atoms with Gasteiger partial charge in [0.25, 0.3) is 5.91 Å². The fourth-order valence-corrected chi connectivity index (χ4v) is 1.00. The molecule has 0 aliphatic rings. The molecule has 84 valence electrons. The van der Waals surface area contributed by atoms with E-state index < -0.39 is 12.1 Å². The third kappa shape index (κ3) is 3.34. The maximum absolute atomic E-state index is 11.5. The lowest BCUT2D eigenvalue weighted by Gasteiger charge is -2.14. The van der Waals surface area contributed by atoms with Gasteiger partial charge in [0.1, 0.15) is 5.69 Å². The number of hydrogen-bond donors (Lipinski definition) is 3. The first-order valence-corrected chi connectivity index (χ1v) is 4.70. The highest BCUT2D eigenvalue weighted by molar-refractivity contribution is 5.92. The van der Waals surface area contributed by atoms with Crippen molar-refractivity contribution in [2.45, 2.75) is 19.1 Å². The van der Waals surface area contributed by atoms with Crippen molar-refractivity contribution in [3.8, 4) is 0 Å². The zero-order valence-electron chi connectivity index (χ0n) is 8.84. The molecule has 1 heterocycles. The molecule has 0 radical (unpaired) electrons. The Morgan fingerprint density at radius 1 is 1.80 bits per heavy atom. The van der Waals surface area contributed by atoms with Gasteiger partial charge >= 0.3 is 0 Å². The summed E-state index contributed by atoms with van der Waals surface area (Å²) in [6, 6.07) is -0.460. The predicted octanol–water partition coefficient (Wildman–Crippen LogP) is -1.14.